The van der Waals surface area contributed by atoms with E-state index in [1.54, 1.807) is 0 Å². The molecule has 0 atom stereocenters. The smallest absolute Gasteiger partial charge is 0.0579 e. The van der Waals surface area contributed by atoms with Gasteiger partial charge in [-0.05, 0) is 38.3 Å². The highest BCUT2D eigenvalue weighted by Crippen LogP contribution is 2.29. The first-order chi connectivity index (χ1) is 10.3. The molecule has 1 N–H and O–H groups in total. The van der Waals surface area contributed by atoms with Gasteiger partial charge in [0, 0.05) is 26.2 Å². The van der Waals surface area contributed by atoms with Crippen molar-refractivity contribution in [2.24, 2.45) is 11.3 Å². The molecule has 0 aromatic heterocycles. The van der Waals surface area contributed by atoms with Crippen LogP contribution in [0.5, 0.6) is 0 Å². The summed E-state index contributed by atoms with van der Waals surface area (Å²) in [6.07, 6.45) is 8.52. The molecule has 4 nitrogen and oxygen atoms in total. The SMILES string of the molecule is OCC1(CN2CCCN(CC3CCCCC3)CC2)COC1. The predicted molar refractivity (Wildman–Crippen MR) is 84.4 cm³/mol. The summed E-state index contributed by atoms with van der Waals surface area (Å²) in [6, 6.07) is 0. The van der Waals surface area contributed by atoms with E-state index >= 15 is 0 Å². The van der Waals surface area contributed by atoms with E-state index in [0.29, 0.717) is 0 Å². The second-order valence-electron chi connectivity index (χ2n) is 7.59. The highest BCUT2D eigenvalue weighted by molar-refractivity contribution is 4.89. The third kappa shape index (κ3) is 4.19. The van der Waals surface area contributed by atoms with Crippen LogP contribution in [0.2, 0.25) is 0 Å². The highest BCUT2D eigenvalue weighted by atomic mass is 16.5. The largest absolute Gasteiger partial charge is 0.396 e. The lowest BCUT2D eigenvalue weighted by Crippen LogP contribution is -2.53. The Bertz CT molecular complexity index is 308. The van der Waals surface area contributed by atoms with Gasteiger partial charge in [-0.1, -0.05) is 19.3 Å². The van der Waals surface area contributed by atoms with Gasteiger partial charge in [0.25, 0.3) is 0 Å². The molecule has 1 saturated carbocycles. The zero-order valence-electron chi connectivity index (χ0n) is 13.4. The van der Waals surface area contributed by atoms with Crippen LogP contribution >= 0.6 is 0 Å². The lowest BCUT2D eigenvalue weighted by molar-refractivity contribution is -0.148. The van der Waals surface area contributed by atoms with Crippen molar-refractivity contribution >= 4 is 0 Å². The Hall–Kier alpha value is -0.160. The van der Waals surface area contributed by atoms with E-state index < -0.39 is 0 Å². The third-order valence-electron chi connectivity index (χ3n) is 5.63. The number of ether oxygens (including phenoxy) is 1. The first-order valence-electron chi connectivity index (χ1n) is 8.93. The summed E-state index contributed by atoms with van der Waals surface area (Å²) >= 11 is 0. The number of aliphatic hydroxyl groups excluding tert-OH is 1. The number of aliphatic hydroxyl groups is 1. The second kappa shape index (κ2) is 7.40. The van der Waals surface area contributed by atoms with E-state index in [4.69, 9.17) is 4.74 Å². The van der Waals surface area contributed by atoms with E-state index in [2.05, 4.69) is 9.80 Å². The molecule has 2 heterocycles. The quantitative estimate of drug-likeness (QED) is 0.836. The van der Waals surface area contributed by atoms with Crippen LogP contribution in [0.4, 0.5) is 0 Å². The molecule has 3 aliphatic rings. The fourth-order valence-corrected chi connectivity index (χ4v) is 4.20. The normalized spacial score (nSPS) is 29.0. The molecule has 2 aliphatic heterocycles. The first-order valence-corrected chi connectivity index (χ1v) is 8.93. The summed E-state index contributed by atoms with van der Waals surface area (Å²) in [5.74, 6) is 0.953. The van der Waals surface area contributed by atoms with E-state index in [1.165, 1.54) is 64.7 Å². The zero-order chi connectivity index (χ0) is 14.5. The molecule has 0 aromatic carbocycles. The molecule has 3 fully saturated rings. The van der Waals surface area contributed by atoms with Crippen LogP contribution in [-0.2, 0) is 4.74 Å². The Kier molecular flexibility index (Phi) is 5.54. The summed E-state index contributed by atoms with van der Waals surface area (Å²) < 4.78 is 5.33. The fourth-order valence-electron chi connectivity index (χ4n) is 4.20. The predicted octanol–water partition coefficient (Wildman–Crippen LogP) is 1.58. The van der Waals surface area contributed by atoms with Crippen molar-refractivity contribution in [2.45, 2.75) is 38.5 Å². The molecular formula is C17H32N2O2. The van der Waals surface area contributed by atoms with Gasteiger partial charge in [0.15, 0.2) is 0 Å². The molecule has 0 bridgehead atoms. The first kappa shape index (κ1) is 15.7. The van der Waals surface area contributed by atoms with Crippen molar-refractivity contribution in [1.29, 1.82) is 0 Å². The average molecular weight is 296 g/mol. The van der Waals surface area contributed by atoms with Crippen LogP contribution in [0.25, 0.3) is 0 Å². The number of hydrogen-bond donors (Lipinski definition) is 1. The lowest BCUT2D eigenvalue weighted by atomic mass is 9.86. The van der Waals surface area contributed by atoms with Gasteiger partial charge in [0.2, 0.25) is 0 Å². The summed E-state index contributed by atoms with van der Waals surface area (Å²) in [4.78, 5) is 5.25. The topological polar surface area (TPSA) is 35.9 Å². The van der Waals surface area contributed by atoms with Crippen LogP contribution in [-0.4, -0.2) is 74.0 Å². The molecule has 2 saturated heterocycles. The van der Waals surface area contributed by atoms with Gasteiger partial charge in [-0.2, -0.15) is 0 Å². The van der Waals surface area contributed by atoms with Crippen LogP contribution in [0.1, 0.15) is 38.5 Å². The van der Waals surface area contributed by atoms with Crippen LogP contribution < -0.4 is 0 Å². The maximum atomic E-state index is 9.59. The minimum absolute atomic E-state index is 0.0402. The third-order valence-corrected chi connectivity index (χ3v) is 5.63. The monoisotopic (exact) mass is 296 g/mol. The van der Waals surface area contributed by atoms with Gasteiger partial charge in [0.1, 0.15) is 0 Å². The Morgan fingerprint density at radius 2 is 1.62 bits per heavy atom. The maximum Gasteiger partial charge on any atom is 0.0579 e. The van der Waals surface area contributed by atoms with Crippen molar-refractivity contribution < 1.29 is 9.84 Å². The van der Waals surface area contributed by atoms with Crippen molar-refractivity contribution in [3.63, 3.8) is 0 Å². The molecular weight excluding hydrogens is 264 g/mol. The zero-order valence-corrected chi connectivity index (χ0v) is 13.4. The van der Waals surface area contributed by atoms with Gasteiger partial charge in [-0.25, -0.2) is 0 Å². The maximum absolute atomic E-state index is 9.59. The Labute approximate surface area is 129 Å². The highest BCUT2D eigenvalue weighted by Gasteiger charge is 2.39. The van der Waals surface area contributed by atoms with Gasteiger partial charge in [0.05, 0.1) is 25.2 Å². The minimum Gasteiger partial charge on any atom is -0.396 e. The molecule has 0 unspecified atom stereocenters. The molecule has 3 rings (SSSR count). The Morgan fingerprint density at radius 1 is 0.905 bits per heavy atom. The molecule has 21 heavy (non-hydrogen) atoms. The summed E-state index contributed by atoms with van der Waals surface area (Å²) in [6.45, 7) is 8.90. The molecule has 1 aliphatic carbocycles. The van der Waals surface area contributed by atoms with Gasteiger partial charge in [-0.3, -0.25) is 0 Å². The van der Waals surface area contributed by atoms with Crippen LogP contribution in [0.15, 0.2) is 0 Å². The van der Waals surface area contributed by atoms with E-state index in [0.717, 1.165) is 32.2 Å². The molecule has 0 amide bonds. The summed E-state index contributed by atoms with van der Waals surface area (Å²) in [5.41, 5.74) is 0.0402. The van der Waals surface area contributed by atoms with E-state index in [1.807, 2.05) is 0 Å². The number of rotatable bonds is 5. The van der Waals surface area contributed by atoms with Gasteiger partial charge >= 0.3 is 0 Å². The standard InChI is InChI=1S/C17H32N2O2/c20-13-17(14-21-15-17)12-19-8-4-7-18(9-10-19)11-16-5-2-1-3-6-16/h16,20H,1-15H2. The van der Waals surface area contributed by atoms with Crippen molar-refractivity contribution in [2.75, 3.05) is 59.1 Å². The van der Waals surface area contributed by atoms with Gasteiger partial charge < -0.3 is 19.6 Å². The molecule has 0 spiro atoms. The Balaban J connectivity index is 1.43. The van der Waals surface area contributed by atoms with E-state index in [-0.39, 0.29) is 12.0 Å². The van der Waals surface area contributed by atoms with Crippen molar-refractivity contribution in [3.8, 4) is 0 Å². The molecule has 0 aromatic rings. The minimum atomic E-state index is 0.0402. The average Bonchev–Trinajstić information content (AvgIpc) is 2.69. The van der Waals surface area contributed by atoms with Gasteiger partial charge in [-0.15, -0.1) is 0 Å². The fraction of sp³-hybridized carbons (Fsp3) is 1.00. The molecule has 0 radical (unpaired) electrons. The summed E-state index contributed by atoms with van der Waals surface area (Å²) in [5, 5.41) is 9.59. The van der Waals surface area contributed by atoms with Crippen LogP contribution in [0.3, 0.4) is 0 Å². The molecule has 4 heteroatoms. The summed E-state index contributed by atoms with van der Waals surface area (Å²) in [7, 11) is 0. The number of nitrogens with zero attached hydrogens (tertiary/aromatic N) is 2. The molecule has 122 valence electrons. The van der Waals surface area contributed by atoms with Crippen molar-refractivity contribution in [3.05, 3.63) is 0 Å². The Morgan fingerprint density at radius 3 is 2.29 bits per heavy atom. The van der Waals surface area contributed by atoms with Crippen LogP contribution in [0, 0.1) is 11.3 Å². The van der Waals surface area contributed by atoms with Crippen molar-refractivity contribution in [1.82, 2.24) is 9.80 Å². The number of hydrogen-bond acceptors (Lipinski definition) is 4. The van der Waals surface area contributed by atoms with E-state index in [9.17, 15) is 5.11 Å². The second-order valence-corrected chi connectivity index (χ2v) is 7.59. The lowest BCUT2D eigenvalue weighted by Gasteiger charge is -2.43.